The van der Waals surface area contributed by atoms with Gasteiger partial charge in [-0.05, 0) is 80.3 Å². The van der Waals surface area contributed by atoms with Crippen molar-refractivity contribution in [2.24, 2.45) is 0 Å². The Balaban J connectivity index is 0.000000247. The van der Waals surface area contributed by atoms with Gasteiger partial charge in [0.25, 0.3) is 0 Å². The number of halogens is 2. The van der Waals surface area contributed by atoms with Gasteiger partial charge < -0.3 is 20.8 Å². The number of hydrogen-bond acceptors (Lipinski definition) is 5. The maximum atomic E-state index is 13.7. The third-order valence-electron chi connectivity index (χ3n) is 5.80. The first-order valence-corrected chi connectivity index (χ1v) is 12.8. The Bertz CT molecular complexity index is 1090. The van der Waals surface area contributed by atoms with Crippen LogP contribution in [0.1, 0.15) is 49.3 Å². The Hall–Kier alpha value is -1.21. The van der Waals surface area contributed by atoms with Crippen LogP contribution in [0.5, 0.6) is 0 Å². The average molecular weight is 829 g/mol. The summed E-state index contributed by atoms with van der Waals surface area (Å²) in [5.41, 5.74) is 2.66. The van der Waals surface area contributed by atoms with E-state index in [1.165, 1.54) is 6.92 Å². The quantitative estimate of drug-likeness (QED) is 0.114. The van der Waals surface area contributed by atoms with E-state index in [0.29, 0.717) is 37.5 Å². The minimum atomic E-state index is -1.36. The first-order valence-electron chi connectivity index (χ1n) is 11.7. The maximum absolute atomic E-state index is 13.7. The molecule has 2 atom stereocenters. The van der Waals surface area contributed by atoms with Crippen LogP contribution in [-0.2, 0) is 30.8 Å². The summed E-state index contributed by atoms with van der Waals surface area (Å²) in [5.74, 6) is 1.12. The van der Waals surface area contributed by atoms with E-state index in [9.17, 15) is 9.18 Å². The number of oxazole rings is 1. The summed E-state index contributed by atoms with van der Waals surface area (Å²) >= 11 is 1.77. The van der Waals surface area contributed by atoms with Crippen LogP contribution in [0.3, 0.4) is 0 Å². The van der Waals surface area contributed by atoms with E-state index in [2.05, 4.69) is 18.0 Å². The fourth-order valence-electron chi connectivity index (χ4n) is 3.89. The Morgan fingerprint density at radius 3 is 2.44 bits per heavy atom. The molecule has 0 aliphatic carbocycles. The number of aromatic nitrogens is 1. The van der Waals surface area contributed by atoms with Gasteiger partial charge in [0.05, 0.1) is 12.3 Å². The predicted molar refractivity (Wildman–Crippen MR) is 142 cm³/mol. The fraction of sp³-hybridized carbons (Fsp3) is 0.393. The maximum Gasteiger partial charge on any atom is 2.00 e. The number of carbonyl (C=O) groups excluding carboxylic acids is 1. The molecule has 0 saturated carbocycles. The summed E-state index contributed by atoms with van der Waals surface area (Å²) in [7, 11) is 0. The normalized spacial score (nSPS) is 18.4. The monoisotopic (exact) mass is 829 g/mol. The summed E-state index contributed by atoms with van der Waals surface area (Å²) in [6.07, 6.45) is 2.84. The van der Waals surface area contributed by atoms with Gasteiger partial charge in [0.2, 0.25) is 5.89 Å². The van der Waals surface area contributed by atoms with Crippen molar-refractivity contribution in [3.63, 3.8) is 0 Å². The summed E-state index contributed by atoms with van der Waals surface area (Å²) in [4.78, 5) is 16.4. The summed E-state index contributed by atoms with van der Waals surface area (Å²) in [5, 5.41) is 0. The molecule has 0 amide bonds. The van der Waals surface area contributed by atoms with E-state index in [0.717, 1.165) is 35.4 Å². The van der Waals surface area contributed by atoms with Gasteiger partial charge in [0.1, 0.15) is 5.76 Å². The van der Waals surface area contributed by atoms with Crippen molar-refractivity contribution in [1.82, 2.24) is 4.98 Å². The van der Waals surface area contributed by atoms with Gasteiger partial charge in [-0.25, -0.2) is 14.2 Å². The zero-order chi connectivity index (χ0) is 25.5. The number of nitrogens with zero attached hydrogens (tertiary/aromatic N) is 1. The average Bonchev–Trinajstić information content (AvgIpc) is 3.47. The molecule has 4 rings (SSSR count). The van der Waals surface area contributed by atoms with Crippen LogP contribution in [0.4, 0.5) is 4.39 Å². The topological polar surface area (TPSA) is 61.6 Å². The Kier molecular flexibility index (Phi) is 12.1. The van der Waals surface area contributed by atoms with E-state index in [1.54, 1.807) is 34.7 Å². The van der Waals surface area contributed by atoms with Crippen LogP contribution in [-0.4, -0.2) is 29.8 Å². The second kappa shape index (κ2) is 14.1. The summed E-state index contributed by atoms with van der Waals surface area (Å²) < 4.78 is 28.7. The third-order valence-corrected chi connectivity index (χ3v) is 6.42. The molecule has 2 aromatic carbocycles. The van der Waals surface area contributed by atoms with Crippen molar-refractivity contribution < 1.29 is 54.2 Å². The number of rotatable bonds is 7. The molecule has 190 valence electrons. The Labute approximate surface area is 250 Å². The zero-order valence-corrected chi connectivity index (χ0v) is 27.2. The van der Waals surface area contributed by atoms with Crippen LogP contribution < -0.4 is 0 Å². The van der Waals surface area contributed by atoms with Crippen molar-refractivity contribution in [1.29, 1.82) is 0 Å². The van der Waals surface area contributed by atoms with Crippen LogP contribution in [0.25, 0.3) is 11.5 Å². The second-order valence-corrected chi connectivity index (χ2v) is 10.5. The van der Waals surface area contributed by atoms with E-state index < -0.39 is 9.28 Å². The van der Waals surface area contributed by atoms with Crippen molar-refractivity contribution >= 4 is 28.6 Å². The summed E-state index contributed by atoms with van der Waals surface area (Å²) in [6.45, 7) is 10.0. The molecule has 2 unspecified atom stereocenters. The molecule has 1 saturated heterocycles. The fourth-order valence-corrected chi connectivity index (χ4v) is 4.25. The first kappa shape index (κ1) is 31.0. The molecule has 1 aromatic heterocycles. The molecular weight excluding hydrogens is 798 g/mol. The van der Waals surface area contributed by atoms with Crippen molar-refractivity contribution in [3.8, 4) is 11.5 Å². The Morgan fingerprint density at radius 2 is 1.94 bits per heavy atom. The molecule has 1 fully saturated rings. The van der Waals surface area contributed by atoms with Gasteiger partial charge in [-0.3, -0.25) is 0 Å². The van der Waals surface area contributed by atoms with Crippen molar-refractivity contribution in [2.45, 2.75) is 55.7 Å². The van der Waals surface area contributed by atoms with Crippen LogP contribution in [0.2, 0.25) is 0 Å². The SMILES string of the molecule is CCOC(=O)C1(Cc2cc[c-]cc2)CCCO1.[CH2-]Cc1nc(-c2ccc(C(C)(F)I)cc2)oc1C.[U+2]. The molecule has 1 aliphatic heterocycles. The van der Waals surface area contributed by atoms with Gasteiger partial charge >= 0.3 is 37.1 Å². The molecule has 3 aromatic rings. The molecule has 0 bridgehead atoms. The van der Waals surface area contributed by atoms with E-state index >= 15 is 0 Å². The van der Waals surface area contributed by atoms with Crippen molar-refractivity contribution in [3.05, 3.63) is 84.1 Å². The third kappa shape index (κ3) is 8.14. The first-order chi connectivity index (χ1) is 16.7. The number of carbonyl (C=O) groups is 1. The number of benzene rings is 2. The smallest absolute Gasteiger partial charge is 0.464 e. The van der Waals surface area contributed by atoms with E-state index in [4.69, 9.17) is 13.9 Å². The molecule has 0 N–H and O–H groups in total. The molecule has 1 aliphatic rings. The minimum absolute atomic E-state index is 0. The number of aryl methyl sites for hydroxylation is 1. The van der Waals surface area contributed by atoms with Crippen LogP contribution >= 0.6 is 22.6 Å². The van der Waals surface area contributed by atoms with Gasteiger partial charge in [0.15, 0.2) is 9.28 Å². The van der Waals surface area contributed by atoms with Crippen LogP contribution in [0, 0.1) is 51.0 Å². The second-order valence-electron chi connectivity index (χ2n) is 8.49. The summed E-state index contributed by atoms with van der Waals surface area (Å²) in [6, 6.07) is 17.7. The van der Waals surface area contributed by atoms with E-state index in [1.807, 2.05) is 50.2 Å². The van der Waals surface area contributed by atoms with E-state index in [-0.39, 0.29) is 37.1 Å². The molecule has 0 spiro atoms. The van der Waals surface area contributed by atoms with Gasteiger partial charge in [-0.1, -0.05) is 12.1 Å². The van der Waals surface area contributed by atoms with Crippen LogP contribution in [0.15, 0.2) is 52.9 Å². The molecule has 0 radical (unpaired) electrons. The molecule has 5 nitrogen and oxygen atoms in total. The van der Waals surface area contributed by atoms with Gasteiger partial charge in [-0.15, -0.1) is 6.42 Å². The molecule has 2 heterocycles. The molecular formula is C28H31FINO4U. The number of alkyl halides is 2. The number of hydrogen-bond donors (Lipinski definition) is 0. The zero-order valence-electron chi connectivity index (χ0n) is 20.9. The van der Waals surface area contributed by atoms with Gasteiger partial charge in [-0.2, -0.15) is 35.9 Å². The largest absolute Gasteiger partial charge is 2.00 e. The Morgan fingerprint density at radius 1 is 1.28 bits per heavy atom. The molecule has 8 heteroatoms. The van der Waals surface area contributed by atoms with Gasteiger partial charge in [0, 0.05) is 12.2 Å². The molecule has 36 heavy (non-hydrogen) atoms. The predicted octanol–water partition coefficient (Wildman–Crippen LogP) is 6.75. The standard InChI is InChI=1S/C14H14FINO.C14H17O3.U/c1-4-12-9(2)18-13(17-12)10-5-7-11(8-6-10)14(3,15)16;1-2-16-13(15)14(9-6-10-17-14)11-12-7-4-3-5-8-12;/h5-8H,1,4H2,2-3H3;4-5,7-8H,2,6,9-11H2,1H3;/q2*-1;+2. The number of esters is 1. The number of ether oxygens (including phenoxy) is 2. The minimum Gasteiger partial charge on any atom is -0.464 e. The van der Waals surface area contributed by atoms with Crippen molar-refractivity contribution in [2.75, 3.05) is 13.2 Å².